The molecule has 2 aromatic heterocycles. The first-order valence-electron chi connectivity index (χ1n) is 6.15. The molecule has 0 aliphatic heterocycles. The summed E-state index contributed by atoms with van der Waals surface area (Å²) < 4.78 is 0. The molecule has 2 heterocycles. The third-order valence-corrected chi connectivity index (χ3v) is 3.08. The van der Waals surface area contributed by atoms with Gasteiger partial charge in [-0.3, -0.25) is 10.2 Å². The van der Waals surface area contributed by atoms with Crippen molar-refractivity contribution >= 4 is 0 Å². The molecule has 0 unspecified atom stereocenters. The molecule has 6 nitrogen and oxygen atoms in total. The van der Waals surface area contributed by atoms with E-state index in [4.69, 9.17) is 0 Å². The van der Waals surface area contributed by atoms with Gasteiger partial charge in [-0.25, -0.2) is 0 Å². The highest BCUT2D eigenvalue weighted by atomic mass is 16.3. The Balaban J connectivity index is 2.17. The Morgan fingerprint density at radius 2 is 1.20 bits per heavy atom. The number of aromatic amines is 2. The molecular formula is C14H14N4O2. The number of nitrogens with zero attached hydrogens (tertiary/aromatic N) is 2. The molecule has 0 radical (unpaired) electrons. The molecule has 3 aromatic rings. The first kappa shape index (κ1) is 12.3. The van der Waals surface area contributed by atoms with E-state index in [1.165, 1.54) is 6.07 Å². The minimum atomic E-state index is -0.0231. The molecule has 0 atom stereocenters. The summed E-state index contributed by atoms with van der Waals surface area (Å²) in [5, 5.41) is 33.9. The van der Waals surface area contributed by atoms with E-state index in [1.807, 2.05) is 26.0 Å². The second-order valence-electron chi connectivity index (χ2n) is 4.76. The van der Waals surface area contributed by atoms with Gasteiger partial charge < -0.3 is 10.2 Å². The molecule has 1 aromatic carbocycles. The predicted octanol–water partition coefficient (Wildman–Crippen LogP) is 2.49. The second-order valence-corrected chi connectivity index (χ2v) is 4.76. The van der Waals surface area contributed by atoms with Crippen LogP contribution in [0, 0.1) is 13.8 Å². The summed E-state index contributed by atoms with van der Waals surface area (Å²) >= 11 is 0. The van der Waals surface area contributed by atoms with Crippen molar-refractivity contribution in [2.24, 2.45) is 0 Å². The van der Waals surface area contributed by atoms with E-state index in [9.17, 15) is 10.2 Å². The number of hydrogen-bond acceptors (Lipinski definition) is 4. The van der Waals surface area contributed by atoms with E-state index in [1.54, 1.807) is 6.07 Å². The number of rotatable bonds is 2. The van der Waals surface area contributed by atoms with E-state index >= 15 is 0 Å². The van der Waals surface area contributed by atoms with Crippen LogP contribution in [-0.4, -0.2) is 30.6 Å². The molecule has 20 heavy (non-hydrogen) atoms. The minimum absolute atomic E-state index is 0.0231. The zero-order chi connectivity index (χ0) is 14.3. The summed E-state index contributed by atoms with van der Waals surface area (Å²) in [6.45, 7) is 3.76. The van der Waals surface area contributed by atoms with Crippen LogP contribution < -0.4 is 0 Å². The molecule has 0 bridgehead atoms. The Morgan fingerprint density at radius 1 is 0.750 bits per heavy atom. The van der Waals surface area contributed by atoms with E-state index in [-0.39, 0.29) is 11.5 Å². The van der Waals surface area contributed by atoms with Crippen LogP contribution in [0.15, 0.2) is 24.3 Å². The van der Waals surface area contributed by atoms with Crippen molar-refractivity contribution in [3.8, 4) is 34.0 Å². The van der Waals surface area contributed by atoms with Crippen molar-refractivity contribution in [1.82, 2.24) is 20.4 Å². The summed E-state index contributed by atoms with van der Waals surface area (Å²) in [5.74, 6) is -0.0463. The van der Waals surface area contributed by atoms with Crippen molar-refractivity contribution in [3.63, 3.8) is 0 Å². The van der Waals surface area contributed by atoms with Gasteiger partial charge in [0.15, 0.2) is 0 Å². The van der Waals surface area contributed by atoms with Crippen LogP contribution in [0.3, 0.4) is 0 Å². The lowest BCUT2D eigenvalue weighted by Crippen LogP contribution is -1.85. The maximum absolute atomic E-state index is 9.99. The summed E-state index contributed by atoms with van der Waals surface area (Å²) in [4.78, 5) is 0. The normalized spacial score (nSPS) is 10.9. The van der Waals surface area contributed by atoms with Gasteiger partial charge >= 0.3 is 0 Å². The smallest absolute Gasteiger partial charge is 0.128 e. The standard InChI is InChI=1S/C14H14N4O2/c1-7-3-11(17-15-7)9-5-10(14(20)6-13(9)19)12-4-8(2)16-18-12/h3-6,19-20H,1-2H3,(H,15,17)(H,16,18). The molecule has 102 valence electrons. The van der Waals surface area contributed by atoms with Crippen LogP contribution in [0.25, 0.3) is 22.5 Å². The molecule has 0 aliphatic rings. The van der Waals surface area contributed by atoms with Gasteiger partial charge in [-0.15, -0.1) is 0 Å². The number of aromatic nitrogens is 4. The highest BCUT2D eigenvalue weighted by Gasteiger charge is 2.15. The van der Waals surface area contributed by atoms with Gasteiger partial charge in [0, 0.05) is 28.6 Å². The molecule has 3 rings (SSSR count). The van der Waals surface area contributed by atoms with Crippen molar-refractivity contribution < 1.29 is 10.2 Å². The van der Waals surface area contributed by atoms with Crippen LogP contribution in [0.4, 0.5) is 0 Å². The van der Waals surface area contributed by atoms with Gasteiger partial charge in [-0.2, -0.15) is 10.2 Å². The van der Waals surface area contributed by atoms with E-state index in [0.29, 0.717) is 22.5 Å². The Kier molecular flexibility index (Phi) is 2.71. The number of aryl methyl sites for hydroxylation is 2. The predicted molar refractivity (Wildman–Crippen MR) is 74.4 cm³/mol. The molecule has 4 N–H and O–H groups in total. The number of aromatic hydroxyl groups is 2. The van der Waals surface area contributed by atoms with Crippen LogP contribution >= 0.6 is 0 Å². The number of H-pyrrole nitrogens is 2. The van der Waals surface area contributed by atoms with Gasteiger partial charge in [-0.1, -0.05) is 0 Å². The van der Waals surface area contributed by atoms with Crippen LogP contribution in [-0.2, 0) is 0 Å². The lowest BCUT2D eigenvalue weighted by molar-refractivity contribution is 0.453. The number of phenols is 2. The van der Waals surface area contributed by atoms with Gasteiger partial charge in [0.05, 0.1) is 11.4 Å². The quantitative estimate of drug-likeness (QED) is 0.575. The molecule has 6 heteroatoms. The average Bonchev–Trinajstić information content (AvgIpc) is 2.99. The Labute approximate surface area is 115 Å². The number of phenolic OH excluding ortho intramolecular Hbond substituents is 2. The van der Waals surface area contributed by atoms with Gasteiger partial charge in [0.25, 0.3) is 0 Å². The Morgan fingerprint density at radius 3 is 1.55 bits per heavy atom. The second kappa shape index (κ2) is 4.41. The van der Waals surface area contributed by atoms with Gasteiger partial charge in [0.1, 0.15) is 11.5 Å². The Hall–Kier alpha value is -2.76. The van der Waals surface area contributed by atoms with Gasteiger partial charge in [0.2, 0.25) is 0 Å². The molecule has 0 saturated heterocycles. The first-order valence-corrected chi connectivity index (χ1v) is 6.15. The molecular weight excluding hydrogens is 256 g/mol. The monoisotopic (exact) mass is 270 g/mol. The highest BCUT2D eigenvalue weighted by molar-refractivity contribution is 5.78. The lowest BCUT2D eigenvalue weighted by Gasteiger charge is -2.06. The van der Waals surface area contributed by atoms with Crippen molar-refractivity contribution in [3.05, 3.63) is 35.7 Å². The third kappa shape index (κ3) is 2.01. The van der Waals surface area contributed by atoms with E-state index in [2.05, 4.69) is 20.4 Å². The van der Waals surface area contributed by atoms with Crippen molar-refractivity contribution in [1.29, 1.82) is 0 Å². The molecule has 0 amide bonds. The zero-order valence-corrected chi connectivity index (χ0v) is 11.1. The largest absolute Gasteiger partial charge is 0.507 e. The SMILES string of the molecule is Cc1cc(-c2cc(-c3cc(C)[nH]n3)c(O)cc2O)n[nH]1. The molecule has 0 fully saturated rings. The third-order valence-electron chi connectivity index (χ3n) is 3.08. The fourth-order valence-corrected chi connectivity index (χ4v) is 2.10. The maximum atomic E-state index is 9.99. The van der Waals surface area contributed by atoms with Crippen LogP contribution in [0.5, 0.6) is 11.5 Å². The van der Waals surface area contributed by atoms with E-state index < -0.39 is 0 Å². The summed E-state index contributed by atoms with van der Waals surface area (Å²) in [5.41, 5.74) is 4.11. The fourth-order valence-electron chi connectivity index (χ4n) is 2.10. The average molecular weight is 270 g/mol. The summed E-state index contributed by atoms with van der Waals surface area (Å²) in [6, 6.07) is 6.63. The molecule has 0 aliphatic carbocycles. The zero-order valence-electron chi connectivity index (χ0n) is 11.1. The highest BCUT2D eigenvalue weighted by Crippen LogP contribution is 2.38. The van der Waals surface area contributed by atoms with Crippen LogP contribution in [0.2, 0.25) is 0 Å². The minimum Gasteiger partial charge on any atom is -0.507 e. The Bertz CT molecular complexity index is 712. The lowest BCUT2D eigenvalue weighted by atomic mass is 10.0. The van der Waals surface area contributed by atoms with Crippen molar-refractivity contribution in [2.75, 3.05) is 0 Å². The maximum Gasteiger partial charge on any atom is 0.128 e. The fraction of sp³-hybridized carbons (Fsp3) is 0.143. The topological polar surface area (TPSA) is 97.8 Å². The van der Waals surface area contributed by atoms with Crippen LogP contribution in [0.1, 0.15) is 11.4 Å². The first-order chi connectivity index (χ1) is 9.54. The van der Waals surface area contributed by atoms with Crippen molar-refractivity contribution in [2.45, 2.75) is 13.8 Å². The summed E-state index contributed by atoms with van der Waals surface area (Å²) in [6.07, 6.45) is 0. The summed E-state index contributed by atoms with van der Waals surface area (Å²) in [7, 11) is 0. The number of hydrogen-bond donors (Lipinski definition) is 4. The number of benzene rings is 1. The molecule has 0 saturated carbocycles. The molecule has 0 spiro atoms. The van der Waals surface area contributed by atoms with E-state index in [0.717, 1.165) is 11.4 Å². The number of nitrogens with one attached hydrogen (secondary N) is 2. The van der Waals surface area contributed by atoms with Gasteiger partial charge in [-0.05, 0) is 32.0 Å².